The standard InChI is InChI=1S/C12H11BrN2O3S/c1-3-17-11(16)10-14-15-12(19-10)18-9-5-4-8(13)6-7(9)2/h4-6H,3H2,1-2H3. The zero-order valence-corrected chi connectivity index (χ0v) is 12.7. The highest BCUT2D eigenvalue weighted by molar-refractivity contribution is 9.10. The molecule has 100 valence electrons. The van der Waals surface area contributed by atoms with Gasteiger partial charge < -0.3 is 9.47 Å². The topological polar surface area (TPSA) is 61.3 Å². The molecule has 1 aromatic heterocycles. The lowest BCUT2D eigenvalue weighted by atomic mass is 10.2. The number of carbonyl (C=O) groups is 1. The molecule has 5 nitrogen and oxygen atoms in total. The van der Waals surface area contributed by atoms with Gasteiger partial charge in [0.1, 0.15) is 5.75 Å². The number of hydrogen-bond acceptors (Lipinski definition) is 6. The summed E-state index contributed by atoms with van der Waals surface area (Å²) >= 11 is 4.44. The van der Waals surface area contributed by atoms with Crippen LogP contribution in [0, 0.1) is 6.92 Å². The van der Waals surface area contributed by atoms with Crippen LogP contribution in [0.2, 0.25) is 0 Å². The first-order valence-electron chi connectivity index (χ1n) is 5.54. The molecule has 0 amide bonds. The maximum absolute atomic E-state index is 11.4. The smallest absolute Gasteiger partial charge is 0.369 e. The van der Waals surface area contributed by atoms with Crippen molar-refractivity contribution in [1.82, 2.24) is 10.2 Å². The van der Waals surface area contributed by atoms with Crippen molar-refractivity contribution < 1.29 is 14.3 Å². The Kier molecular flexibility index (Phi) is 4.49. The molecule has 7 heteroatoms. The summed E-state index contributed by atoms with van der Waals surface area (Å²) in [5.74, 6) is 0.192. The average Bonchev–Trinajstić information content (AvgIpc) is 2.82. The van der Waals surface area contributed by atoms with Gasteiger partial charge in [0.05, 0.1) is 6.61 Å². The molecule has 0 saturated heterocycles. The third-order valence-electron chi connectivity index (χ3n) is 2.19. The van der Waals surface area contributed by atoms with E-state index in [9.17, 15) is 4.79 Å². The van der Waals surface area contributed by atoms with Crippen LogP contribution in [0.4, 0.5) is 0 Å². The van der Waals surface area contributed by atoms with Crippen molar-refractivity contribution in [2.75, 3.05) is 6.61 Å². The molecule has 0 aliphatic carbocycles. The molecule has 1 aromatic carbocycles. The van der Waals surface area contributed by atoms with Gasteiger partial charge in [-0.1, -0.05) is 21.0 Å². The predicted octanol–water partition coefficient (Wildman–Crippen LogP) is 3.58. The van der Waals surface area contributed by atoms with Gasteiger partial charge in [-0.05, 0) is 48.9 Å². The number of esters is 1. The number of aryl methyl sites for hydroxylation is 1. The van der Waals surface area contributed by atoms with Crippen molar-refractivity contribution in [3.05, 3.63) is 33.2 Å². The number of nitrogens with zero attached hydrogens (tertiary/aromatic N) is 2. The number of halogens is 1. The first-order chi connectivity index (χ1) is 9.10. The van der Waals surface area contributed by atoms with Gasteiger partial charge >= 0.3 is 5.97 Å². The van der Waals surface area contributed by atoms with Crippen LogP contribution in [0.15, 0.2) is 22.7 Å². The summed E-state index contributed by atoms with van der Waals surface area (Å²) in [6, 6.07) is 5.63. The molecule has 1 heterocycles. The molecular formula is C12H11BrN2O3S. The third-order valence-corrected chi connectivity index (χ3v) is 3.47. The first-order valence-corrected chi connectivity index (χ1v) is 7.15. The second kappa shape index (κ2) is 6.12. The molecule has 0 N–H and O–H groups in total. The highest BCUT2D eigenvalue weighted by Gasteiger charge is 2.15. The lowest BCUT2D eigenvalue weighted by molar-refractivity contribution is 0.0525. The minimum Gasteiger partial charge on any atom is -0.461 e. The Morgan fingerprint density at radius 2 is 2.21 bits per heavy atom. The van der Waals surface area contributed by atoms with E-state index in [1.54, 1.807) is 6.92 Å². The van der Waals surface area contributed by atoms with E-state index >= 15 is 0 Å². The van der Waals surface area contributed by atoms with Gasteiger partial charge in [-0.15, -0.1) is 5.10 Å². The number of rotatable bonds is 4. The molecule has 0 aliphatic heterocycles. The molecule has 0 aliphatic rings. The van der Waals surface area contributed by atoms with E-state index < -0.39 is 5.97 Å². The predicted molar refractivity (Wildman–Crippen MR) is 74.8 cm³/mol. The van der Waals surface area contributed by atoms with E-state index in [-0.39, 0.29) is 5.01 Å². The molecule has 2 aromatic rings. The normalized spacial score (nSPS) is 10.3. The minimum atomic E-state index is -0.484. The number of ether oxygens (including phenoxy) is 2. The van der Waals surface area contributed by atoms with Crippen molar-refractivity contribution in [3.63, 3.8) is 0 Å². The average molecular weight is 343 g/mol. The van der Waals surface area contributed by atoms with Crippen LogP contribution in [0.1, 0.15) is 22.3 Å². The molecule has 0 unspecified atom stereocenters. The summed E-state index contributed by atoms with van der Waals surface area (Å²) in [4.78, 5) is 11.4. The summed E-state index contributed by atoms with van der Waals surface area (Å²) in [5, 5.41) is 8.05. The van der Waals surface area contributed by atoms with Gasteiger partial charge in [-0.3, -0.25) is 0 Å². The Morgan fingerprint density at radius 3 is 2.89 bits per heavy atom. The zero-order valence-electron chi connectivity index (χ0n) is 10.3. The van der Waals surface area contributed by atoms with Crippen LogP contribution < -0.4 is 4.74 Å². The molecular weight excluding hydrogens is 332 g/mol. The van der Waals surface area contributed by atoms with Crippen LogP contribution in [0.25, 0.3) is 0 Å². The Bertz CT molecular complexity index is 600. The molecule has 0 atom stereocenters. The van der Waals surface area contributed by atoms with Crippen LogP contribution in [-0.2, 0) is 4.74 Å². The maximum Gasteiger partial charge on any atom is 0.369 e. The second-order valence-corrected chi connectivity index (χ2v) is 5.46. The Labute approximate surface area is 122 Å². The highest BCUT2D eigenvalue weighted by atomic mass is 79.9. The molecule has 2 rings (SSSR count). The molecule has 0 spiro atoms. The Balaban J connectivity index is 2.13. The SMILES string of the molecule is CCOC(=O)c1nnc(Oc2ccc(Br)cc2C)s1. The van der Waals surface area contributed by atoms with E-state index in [1.807, 2.05) is 25.1 Å². The van der Waals surface area contributed by atoms with E-state index in [1.165, 1.54) is 0 Å². The van der Waals surface area contributed by atoms with Gasteiger partial charge in [0.2, 0.25) is 5.01 Å². The van der Waals surface area contributed by atoms with E-state index in [0.717, 1.165) is 21.4 Å². The Hall–Kier alpha value is -1.47. The quantitative estimate of drug-likeness (QED) is 0.794. The number of hydrogen-bond donors (Lipinski definition) is 0. The first kappa shape index (κ1) is 14.0. The maximum atomic E-state index is 11.4. The van der Waals surface area contributed by atoms with Crippen LogP contribution in [0.5, 0.6) is 10.9 Å². The van der Waals surface area contributed by atoms with Gasteiger partial charge in [-0.2, -0.15) is 0 Å². The monoisotopic (exact) mass is 342 g/mol. The lowest BCUT2D eigenvalue weighted by Crippen LogP contribution is -2.03. The van der Waals surface area contributed by atoms with Crippen LogP contribution in [-0.4, -0.2) is 22.8 Å². The van der Waals surface area contributed by atoms with Gasteiger partial charge in [-0.25, -0.2) is 4.79 Å². The van der Waals surface area contributed by atoms with Crippen molar-refractivity contribution in [3.8, 4) is 10.9 Å². The third kappa shape index (κ3) is 3.51. The molecule has 19 heavy (non-hydrogen) atoms. The van der Waals surface area contributed by atoms with E-state index in [4.69, 9.17) is 9.47 Å². The Morgan fingerprint density at radius 1 is 1.42 bits per heavy atom. The van der Waals surface area contributed by atoms with Crippen molar-refractivity contribution >= 4 is 33.2 Å². The minimum absolute atomic E-state index is 0.187. The van der Waals surface area contributed by atoms with Gasteiger partial charge in [0.15, 0.2) is 0 Å². The summed E-state index contributed by atoms with van der Waals surface area (Å²) in [6.45, 7) is 3.97. The lowest BCUT2D eigenvalue weighted by Gasteiger charge is -2.04. The summed E-state index contributed by atoms with van der Waals surface area (Å²) < 4.78 is 11.4. The van der Waals surface area contributed by atoms with Crippen molar-refractivity contribution in [2.24, 2.45) is 0 Å². The number of aromatic nitrogens is 2. The molecule has 0 fully saturated rings. The van der Waals surface area contributed by atoms with Crippen LogP contribution in [0.3, 0.4) is 0 Å². The second-order valence-electron chi connectivity index (χ2n) is 3.61. The summed E-state index contributed by atoms with van der Waals surface area (Å²) in [5.41, 5.74) is 0.960. The fraction of sp³-hybridized carbons (Fsp3) is 0.250. The molecule has 0 radical (unpaired) electrons. The van der Waals surface area contributed by atoms with Crippen LogP contribution >= 0.6 is 27.3 Å². The summed E-state index contributed by atoms with van der Waals surface area (Å²) in [6.07, 6.45) is 0. The van der Waals surface area contributed by atoms with Gasteiger partial charge in [0, 0.05) is 4.47 Å². The molecule has 0 bridgehead atoms. The fourth-order valence-electron chi connectivity index (χ4n) is 1.35. The molecule has 0 saturated carbocycles. The zero-order chi connectivity index (χ0) is 13.8. The highest BCUT2D eigenvalue weighted by Crippen LogP contribution is 2.29. The van der Waals surface area contributed by atoms with E-state index in [0.29, 0.717) is 17.6 Å². The van der Waals surface area contributed by atoms with Crippen molar-refractivity contribution in [2.45, 2.75) is 13.8 Å². The van der Waals surface area contributed by atoms with Crippen molar-refractivity contribution in [1.29, 1.82) is 0 Å². The summed E-state index contributed by atoms with van der Waals surface area (Å²) in [7, 11) is 0. The number of benzene rings is 1. The van der Waals surface area contributed by atoms with E-state index in [2.05, 4.69) is 26.1 Å². The fourth-order valence-corrected chi connectivity index (χ4v) is 2.43. The largest absolute Gasteiger partial charge is 0.461 e. The number of carbonyl (C=O) groups excluding carboxylic acids is 1. The van der Waals surface area contributed by atoms with Gasteiger partial charge in [0.25, 0.3) is 5.19 Å².